The van der Waals surface area contributed by atoms with Crippen LogP contribution in [-0.4, -0.2) is 46.9 Å². The first-order chi connectivity index (χ1) is 17.6. The molecule has 2 aromatic carbocycles. The molecule has 5 rings (SSSR count). The summed E-state index contributed by atoms with van der Waals surface area (Å²) in [6.45, 7) is 3.56. The van der Waals surface area contributed by atoms with E-state index in [1.165, 1.54) is 12.0 Å². The number of rotatable bonds is 8. The summed E-state index contributed by atoms with van der Waals surface area (Å²) in [5.41, 5.74) is 3.02. The third kappa shape index (κ3) is 5.68. The van der Waals surface area contributed by atoms with Gasteiger partial charge in [-0.3, -0.25) is 9.59 Å². The van der Waals surface area contributed by atoms with E-state index >= 15 is 0 Å². The van der Waals surface area contributed by atoms with Gasteiger partial charge in [-0.15, -0.1) is 0 Å². The molecule has 2 N–H and O–H groups in total. The van der Waals surface area contributed by atoms with E-state index in [0.29, 0.717) is 29.6 Å². The Morgan fingerprint density at radius 3 is 2.69 bits per heavy atom. The SMILES string of the molecule is Cc1coc([C@H]2CCCN2C(=O)c2cccc(C(=O)N[C@@H](Cc3ccccc3)C[C@H]3CCCN3)c2)n1. The quantitative estimate of drug-likeness (QED) is 0.491. The van der Waals surface area contributed by atoms with E-state index in [1.807, 2.05) is 30.0 Å². The van der Waals surface area contributed by atoms with Gasteiger partial charge in [-0.25, -0.2) is 4.98 Å². The minimum Gasteiger partial charge on any atom is -0.446 e. The Labute approximate surface area is 212 Å². The monoisotopic (exact) mass is 486 g/mol. The van der Waals surface area contributed by atoms with Crippen molar-refractivity contribution in [2.45, 2.75) is 63.6 Å². The molecule has 0 spiro atoms. The molecule has 0 saturated carbocycles. The number of amides is 2. The Balaban J connectivity index is 1.30. The first-order valence-electron chi connectivity index (χ1n) is 13.0. The van der Waals surface area contributed by atoms with Gasteiger partial charge in [0.05, 0.1) is 5.69 Å². The molecule has 2 saturated heterocycles. The molecule has 2 amide bonds. The van der Waals surface area contributed by atoms with Crippen LogP contribution in [0.15, 0.2) is 65.3 Å². The molecule has 0 aliphatic carbocycles. The third-order valence-corrected chi connectivity index (χ3v) is 7.20. The molecule has 3 atom stereocenters. The van der Waals surface area contributed by atoms with Crippen molar-refractivity contribution in [3.8, 4) is 0 Å². The maximum Gasteiger partial charge on any atom is 0.254 e. The molecule has 3 aromatic rings. The number of aromatic nitrogens is 1. The number of nitrogens with one attached hydrogen (secondary N) is 2. The molecule has 0 radical (unpaired) electrons. The fourth-order valence-corrected chi connectivity index (χ4v) is 5.41. The lowest BCUT2D eigenvalue weighted by Gasteiger charge is -2.24. The van der Waals surface area contributed by atoms with Gasteiger partial charge >= 0.3 is 0 Å². The van der Waals surface area contributed by atoms with Gasteiger partial charge in [0.1, 0.15) is 12.3 Å². The number of hydrogen-bond donors (Lipinski definition) is 2. The van der Waals surface area contributed by atoms with E-state index in [2.05, 4.69) is 27.8 Å². The van der Waals surface area contributed by atoms with Crippen LogP contribution in [-0.2, 0) is 6.42 Å². The smallest absolute Gasteiger partial charge is 0.254 e. The molecule has 7 nitrogen and oxygen atoms in total. The fourth-order valence-electron chi connectivity index (χ4n) is 5.41. The van der Waals surface area contributed by atoms with Gasteiger partial charge in [-0.1, -0.05) is 36.4 Å². The van der Waals surface area contributed by atoms with Gasteiger partial charge < -0.3 is 20.0 Å². The van der Waals surface area contributed by atoms with Crippen LogP contribution in [0.2, 0.25) is 0 Å². The predicted molar refractivity (Wildman–Crippen MR) is 138 cm³/mol. The Hall–Kier alpha value is -3.45. The van der Waals surface area contributed by atoms with Crippen LogP contribution >= 0.6 is 0 Å². The van der Waals surface area contributed by atoms with Crippen LogP contribution in [0.1, 0.15) is 76.0 Å². The molecule has 7 heteroatoms. The van der Waals surface area contributed by atoms with E-state index in [4.69, 9.17) is 4.42 Å². The van der Waals surface area contributed by atoms with Crippen molar-refractivity contribution in [1.82, 2.24) is 20.5 Å². The van der Waals surface area contributed by atoms with Crippen molar-refractivity contribution in [1.29, 1.82) is 0 Å². The van der Waals surface area contributed by atoms with Crippen molar-refractivity contribution >= 4 is 11.8 Å². The van der Waals surface area contributed by atoms with Gasteiger partial charge in [0.15, 0.2) is 0 Å². The van der Waals surface area contributed by atoms with E-state index in [0.717, 1.165) is 44.3 Å². The van der Waals surface area contributed by atoms with E-state index in [-0.39, 0.29) is 23.9 Å². The van der Waals surface area contributed by atoms with Gasteiger partial charge in [0.2, 0.25) is 5.89 Å². The van der Waals surface area contributed by atoms with Crippen LogP contribution < -0.4 is 10.6 Å². The molecule has 3 heterocycles. The Morgan fingerprint density at radius 2 is 1.94 bits per heavy atom. The molecule has 0 bridgehead atoms. The van der Waals surface area contributed by atoms with Crippen molar-refractivity contribution in [3.05, 3.63) is 89.1 Å². The molecule has 2 aliphatic rings. The Morgan fingerprint density at radius 1 is 1.11 bits per heavy atom. The maximum atomic E-state index is 13.4. The number of likely N-dealkylation sites (tertiary alicyclic amines) is 1. The van der Waals surface area contributed by atoms with E-state index in [9.17, 15) is 9.59 Å². The molecule has 1 aromatic heterocycles. The standard InChI is InChI=1S/C29H34N4O3/c1-20-19-36-28(31-20)26-13-7-15-33(26)29(35)23-11-5-10-22(17-23)27(34)32-25(18-24-12-6-14-30-24)16-21-8-3-2-4-9-21/h2-5,8-11,17,19,24-26,30H,6-7,12-16,18H2,1H3,(H,32,34)/t24-,25+,26-/m1/s1. The molecule has 2 aliphatic heterocycles. The summed E-state index contributed by atoms with van der Waals surface area (Å²) in [7, 11) is 0. The Bertz CT molecular complexity index is 1190. The second-order valence-electron chi connectivity index (χ2n) is 9.95. The van der Waals surface area contributed by atoms with Crippen LogP contribution in [0.4, 0.5) is 0 Å². The zero-order chi connectivity index (χ0) is 24.9. The highest BCUT2D eigenvalue weighted by Crippen LogP contribution is 2.32. The molecule has 2 fully saturated rings. The third-order valence-electron chi connectivity index (χ3n) is 7.20. The number of hydrogen-bond acceptors (Lipinski definition) is 5. The predicted octanol–water partition coefficient (Wildman–Crippen LogP) is 4.44. The first-order valence-corrected chi connectivity index (χ1v) is 13.0. The molecule has 188 valence electrons. The highest BCUT2D eigenvalue weighted by Gasteiger charge is 2.34. The second-order valence-corrected chi connectivity index (χ2v) is 9.95. The summed E-state index contributed by atoms with van der Waals surface area (Å²) < 4.78 is 5.60. The molecular formula is C29H34N4O3. The van der Waals surface area contributed by atoms with Crippen LogP contribution in [0.25, 0.3) is 0 Å². The maximum absolute atomic E-state index is 13.4. The number of benzene rings is 2. The van der Waals surface area contributed by atoms with Crippen molar-refractivity contribution in [2.24, 2.45) is 0 Å². The summed E-state index contributed by atoms with van der Waals surface area (Å²) in [5.74, 6) is 0.334. The summed E-state index contributed by atoms with van der Waals surface area (Å²) in [6, 6.07) is 17.6. The minimum atomic E-state index is -0.169. The zero-order valence-corrected chi connectivity index (χ0v) is 20.8. The largest absolute Gasteiger partial charge is 0.446 e. The molecular weight excluding hydrogens is 452 g/mol. The lowest BCUT2D eigenvalue weighted by molar-refractivity contribution is 0.0715. The van der Waals surface area contributed by atoms with Crippen molar-refractivity contribution in [3.63, 3.8) is 0 Å². The number of carbonyl (C=O) groups is 2. The van der Waals surface area contributed by atoms with Crippen LogP contribution in [0, 0.1) is 6.92 Å². The summed E-state index contributed by atoms with van der Waals surface area (Å²) in [6.07, 6.45) is 7.29. The highest BCUT2D eigenvalue weighted by molar-refractivity contribution is 6.00. The molecule has 36 heavy (non-hydrogen) atoms. The minimum absolute atomic E-state index is 0.00564. The van der Waals surface area contributed by atoms with E-state index in [1.54, 1.807) is 30.5 Å². The first kappa shape index (κ1) is 24.3. The van der Waals surface area contributed by atoms with Gasteiger partial charge in [-0.05, 0) is 75.8 Å². The fraction of sp³-hybridized carbons (Fsp3) is 0.414. The summed E-state index contributed by atoms with van der Waals surface area (Å²) in [4.78, 5) is 33.0. The summed E-state index contributed by atoms with van der Waals surface area (Å²) in [5, 5.41) is 6.80. The van der Waals surface area contributed by atoms with Gasteiger partial charge in [0.25, 0.3) is 11.8 Å². The zero-order valence-electron chi connectivity index (χ0n) is 20.8. The number of aryl methyl sites for hydroxylation is 1. The van der Waals surface area contributed by atoms with E-state index < -0.39 is 0 Å². The van der Waals surface area contributed by atoms with Gasteiger partial charge in [0, 0.05) is 29.8 Å². The topological polar surface area (TPSA) is 87.5 Å². The van der Waals surface area contributed by atoms with Crippen molar-refractivity contribution in [2.75, 3.05) is 13.1 Å². The Kier molecular flexibility index (Phi) is 7.47. The second kappa shape index (κ2) is 11.1. The van der Waals surface area contributed by atoms with Crippen LogP contribution in [0.3, 0.4) is 0 Å². The lowest BCUT2D eigenvalue weighted by Crippen LogP contribution is -2.41. The lowest BCUT2D eigenvalue weighted by atomic mass is 9.98. The van der Waals surface area contributed by atoms with Crippen molar-refractivity contribution < 1.29 is 14.0 Å². The number of carbonyl (C=O) groups excluding carboxylic acids is 2. The normalized spacial score (nSPS) is 20.4. The number of oxazole rings is 1. The average molecular weight is 487 g/mol. The molecule has 0 unspecified atom stereocenters. The van der Waals surface area contributed by atoms with Gasteiger partial charge in [-0.2, -0.15) is 0 Å². The average Bonchev–Trinajstić information content (AvgIpc) is 3.66. The summed E-state index contributed by atoms with van der Waals surface area (Å²) >= 11 is 0. The highest BCUT2D eigenvalue weighted by atomic mass is 16.3. The van der Waals surface area contributed by atoms with Crippen LogP contribution in [0.5, 0.6) is 0 Å². The number of nitrogens with zero attached hydrogens (tertiary/aromatic N) is 2.